The molecule has 1 aromatic carbocycles. The molecule has 5 heteroatoms. The molecule has 0 unspecified atom stereocenters. The molecular weight excluding hydrogens is 292 g/mol. The molecule has 1 aliphatic heterocycles. The second-order valence-corrected chi connectivity index (χ2v) is 7.13. The lowest BCUT2D eigenvalue weighted by Gasteiger charge is -2.33. The van der Waals surface area contributed by atoms with Crippen LogP contribution in [0.5, 0.6) is 0 Å². The number of nitrogens with one attached hydrogen (secondary N) is 1. The number of carbonyl (C=O) groups is 1. The average molecular weight is 320 g/mol. The van der Waals surface area contributed by atoms with Crippen LogP contribution in [0.25, 0.3) is 0 Å². The number of rotatable bonds is 4. The number of carbonyl (C=O) groups excluding carboxylic acids is 1. The van der Waals surface area contributed by atoms with Crippen LogP contribution in [0.15, 0.2) is 24.3 Å². The Bertz CT molecular complexity index is 500. The number of amides is 1. The summed E-state index contributed by atoms with van der Waals surface area (Å²) in [4.78, 5) is 14.0. The molecule has 1 fully saturated rings. The second kappa shape index (κ2) is 7.68. The van der Waals surface area contributed by atoms with Gasteiger partial charge in [-0.3, -0.25) is 0 Å². The van der Waals surface area contributed by atoms with Gasteiger partial charge in [0.2, 0.25) is 0 Å². The molecule has 5 nitrogen and oxygen atoms in total. The zero-order valence-electron chi connectivity index (χ0n) is 14.3. The summed E-state index contributed by atoms with van der Waals surface area (Å²) in [5.41, 5.74) is 1.77. The van der Waals surface area contributed by atoms with Crippen LogP contribution in [0, 0.1) is 5.92 Å². The van der Waals surface area contributed by atoms with E-state index in [-0.39, 0.29) is 0 Å². The number of hydrogen-bond donors (Lipinski definition) is 2. The summed E-state index contributed by atoms with van der Waals surface area (Å²) in [6.45, 7) is 8.27. The number of alkyl carbamates (subject to hydrolysis) is 1. The zero-order chi connectivity index (χ0) is 16.9. The highest BCUT2D eigenvalue weighted by Crippen LogP contribution is 2.23. The van der Waals surface area contributed by atoms with Crippen molar-refractivity contribution in [2.75, 3.05) is 24.6 Å². The molecule has 1 saturated heterocycles. The first-order valence-electron chi connectivity index (χ1n) is 8.29. The lowest BCUT2D eigenvalue weighted by atomic mass is 9.97. The normalized spacial score (nSPS) is 16.3. The van der Waals surface area contributed by atoms with E-state index in [1.165, 1.54) is 5.69 Å². The van der Waals surface area contributed by atoms with E-state index in [4.69, 9.17) is 4.74 Å². The number of ether oxygens (including phenoxy) is 1. The Morgan fingerprint density at radius 2 is 1.87 bits per heavy atom. The molecule has 0 aromatic heterocycles. The van der Waals surface area contributed by atoms with Crippen molar-refractivity contribution in [2.45, 2.75) is 45.8 Å². The first kappa shape index (κ1) is 17.6. The highest BCUT2D eigenvalue weighted by molar-refractivity contribution is 5.67. The minimum atomic E-state index is -0.478. The van der Waals surface area contributed by atoms with Gasteiger partial charge in [0.15, 0.2) is 0 Å². The van der Waals surface area contributed by atoms with Crippen molar-refractivity contribution < 1.29 is 14.6 Å². The molecule has 0 radical (unpaired) electrons. The van der Waals surface area contributed by atoms with Crippen molar-refractivity contribution in [3.8, 4) is 0 Å². The molecular formula is C18H28N2O3. The third kappa shape index (κ3) is 5.75. The molecule has 0 atom stereocenters. The molecule has 2 N–H and O–H groups in total. The van der Waals surface area contributed by atoms with Crippen molar-refractivity contribution >= 4 is 11.8 Å². The topological polar surface area (TPSA) is 61.8 Å². The standard InChI is InChI=1S/C18H28N2O3/c1-18(2,3)23-17(22)19-12-14-4-6-16(7-5-14)20-10-8-15(13-21)9-11-20/h4-7,15,21H,8-13H2,1-3H3,(H,19,22). The molecule has 1 aliphatic rings. The quantitative estimate of drug-likeness (QED) is 0.895. The number of hydrogen-bond acceptors (Lipinski definition) is 4. The largest absolute Gasteiger partial charge is 0.444 e. The summed E-state index contributed by atoms with van der Waals surface area (Å²) in [6, 6.07) is 8.24. The Hall–Kier alpha value is -1.75. The Kier molecular flexibility index (Phi) is 5.88. The van der Waals surface area contributed by atoms with Gasteiger partial charge in [0.05, 0.1) is 0 Å². The minimum Gasteiger partial charge on any atom is -0.444 e. The molecule has 1 amide bonds. The van der Waals surface area contributed by atoms with Crippen LogP contribution in [0.4, 0.5) is 10.5 Å². The SMILES string of the molecule is CC(C)(C)OC(=O)NCc1ccc(N2CCC(CO)CC2)cc1. The summed E-state index contributed by atoms with van der Waals surface area (Å²) in [6.07, 6.45) is 1.68. The van der Waals surface area contributed by atoms with Crippen molar-refractivity contribution in [1.82, 2.24) is 5.32 Å². The number of piperidine rings is 1. The van der Waals surface area contributed by atoms with E-state index >= 15 is 0 Å². The molecule has 0 aliphatic carbocycles. The smallest absolute Gasteiger partial charge is 0.407 e. The number of nitrogens with zero attached hydrogens (tertiary/aromatic N) is 1. The fraction of sp³-hybridized carbons (Fsp3) is 0.611. The first-order chi connectivity index (χ1) is 10.9. The van der Waals surface area contributed by atoms with E-state index in [9.17, 15) is 9.90 Å². The lowest BCUT2D eigenvalue weighted by molar-refractivity contribution is 0.0523. The molecule has 128 valence electrons. The van der Waals surface area contributed by atoms with E-state index in [2.05, 4.69) is 22.3 Å². The zero-order valence-corrected chi connectivity index (χ0v) is 14.3. The van der Waals surface area contributed by atoms with Gasteiger partial charge in [0.1, 0.15) is 5.60 Å². The maximum absolute atomic E-state index is 11.6. The van der Waals surface area contributed by atoms with Crippen LogP contribution in [0.3, 0.4) is 0 Å². The Labute approximate surface area is 138 Å². The Morgan fingerprint density at radius 3 is 2.39 bits per heavy atom. The van der Waals surface area contributed by atoms with Crippen LogP contribution in [0.1, 0.15) is 39.2 Å². The third-order valence-corrected chi connectivity index (χ3v) is 4.01. The lowest BCUT2D eigenvalue weighted by Crippen LogP contribution is -2.34. The van der Waals surface area contributed by atoms with Gasteiger partial charge in [0.25, 0.3) is 0 Å². The number of anilines is 1. The maximum atomic E-state index is 11.6. The Balaban J connectivity index is 1.82. The van der Waals surface area contributed by atoms with Gasteiger partial charge in [-0.25, -0.2) is 4.79 Å². The van der Waals surface area contributed by atoms with Gasteiger partial charge < -0.3 is 20.1 Å². The summed E-state index contributed by atoms with van der Waals surface area (Å²) in [5, 5.41) is 12.0. The van der Waals surface area contributed by atoms with Crippen LogP contribution in [-0.4, -0.2) is 36.5 Å². The summed E-state index contributed by atoms with van der Waals surface area (Å²) < 4.78 is 5.22. The molecule has 1 aromatic rings. The number of aliphatic hydroxyl groups excluding tert-OH is 1. The van der Waals surface area contributed by atoms with Gasteiger partial charge in [-0.1, -0.05) is 12.1 Å². The van der Waals surface area contributed by atoms with Gasteiger partial charge in [-0.15, -0.1) is 0 Å². The third-order valence-electron chi connectivity index (χ3n) is 4.01. The van der Waals surface area contributed by atoms with E-state index in [0.717, 1.165) is 31.5 Å². The fourth-order valence-corrected chi connectivity index (χ4v) is 2.69. The molecule has 2 rings (SSSR count). The van der Waals surface area contributed by atoms with E-state index in [1.807, 2.05) is 32.9 Å². The fourth-order valence-electron chi connectivity index (χ4n) is 2.69. The highest BCUT2D eigenvalue weighted by Gasteiger charge is 2.19. The van der Waals surface area contributed by atoms with E-state index < -0.39 is 11.7 Å². The van der Waals surface area contributed by atoms with Gasteiger partial charge in [-0.05, 0) is 57.2 Å². The van der Waals surface area contributed by atoms with Crippen LogP contribution < -0.4 is 10.2 Å². The van der Waals surface area contributed by atoms with Crippen molar-refractivity contribution in [1.29, 1.82) is 0 Å². The molecule has 0 saturated carbocycles. The van der Waals surface area contributed by atoms with Crippen LogP contribution in [0.2, 0.25) is 0 Å². The molecule has 0 bridgehead atoms. The monoisotopic (exact) mass is 320 g/mol. The molecule has 23 heavy (non-hydrogen) atoms. The number of benzene rings is 1. The average Bonchev–Trinajstić information content (AvgIpc) is 2.52. The summed E-state index contributed by atoms with van der Waals surface area (Å²) in [5.74, 6) is 0.448. The van der Waals surface area contributed by atoms with Crippen molar-refractivity contribution in [3.63, 3.8) is 0 Å². The second-order valence-electron chi connectivity index (χ2n) is 7.13. The van der Waals surface area contributed by atoms with Crippen LogP contribution in [-0.2, 0) is 11.3 Å². The predicted molar refractivity (Wildman–Crippen MR) is 91.5 cm³/mol. The van der Waals surface area contributed by atoms with Crippen molar-refractivity contribution in [3.05, 3.63) is 29.8 Å². The van der Waals surface area contributed by atoms with E-state index in [1.54, 1.807) is 0 Å². The van der Waals surface area contributed by atoms with E-state index in [0.29, 0.717) is 19.1 Å². The van der Waals surface area contributed by atoms with Gasteiger partial charge in [0, 0.05) is 31.9 Å². The van der Waals surface area contributed by atoms with Crippen molar-refractivity contribution in [2.24, 2.45) is 5.92 Å². The minimum absolute atomic E-state index is 0.295. The molecule has 1 heterocycles. The predicted octanol–water partition coefficient (Wildman–Crippen LogP) is 2.92. The van der Waals surface area contributed by atoms with Gasteiger partial charge >= 0.3 is 6.09 Å². The summed E-state index contributed by atoms with van der Waals surface area (Å²) >= 11 is 0. The Morgan fingerprint density at radius 1 is 1.26 bits per heavy atom. The van der Waals surface area contributed by atoms with Crippen LogP contribution >= 0.6 is 0 Å². The first-order valence-corrected chi connectivity index (χ1v) is 8.29. The van der Waals surface area contributed by atoms with Gasteiger partial charge in [-0.2, -0.15) is 0 Å². The molecule has 0 spiro atoms. The number of aliphatic hydroxyl groups is 1. The highest BCUT2D eigenvalue weighted by atomic mass is 16.6. The maximum Gasteiger partial charge on any atom is 0.407 e. The summed E-state index contributed by atoms with van der Waals surface area (Å²) in [7, 11) is 0.